The fourth-order valence-corrected chi connectivity index (χ4v) is 4.56. The topological polar surface area (TPSA) is 170 Å². The normalized spacial score (nSPS) is 19.6. The maximum absolute atomic E-state index is 12.7. The maximum Gasteiger partial charge on any atom is 0.509 e. The zero-order valence-corrected chi connectivity index (χ0v) is 22.7. The Hall–Kier alpha value is -5.06. The smallest absolute Gasteiger partial charge is 0.430 e. The van der Waals surface area contributed by atoms with Gasteiger partial charge in [-0.25, -0.2) is 14.6 Å². The van der Waals surface area contributed by atoms with E-state index < -0.39 is 42.4 Å². The van der Waals surface area contributed by atoms with Gasteiger partial charge in [-0.3, -0.25) is 4.79 Å². The molecular formula is C28H24ClN5O8. The lowest BCUT2D eigenvalue weighted by atomic mass is 9.98. The van der Waals surface area contributed by atoms with Crippen molar-refractivity contribution < 1.29 is 33.3 Å². The first-order valence-electron chi connectivity index (χ1n) is 12.6. The highest BCUT2D eigenvalue weighted by molar-refractivity contribution is 6.28. The number of carbonyl (C=O) groups is 2. The van der Waals surface area contributed by atoms with E-state index in [0.717, 1.165) is 5.56 Å². The zero-order valence-electron chi connectivity index (χ0n) is 21.9. The fourth-order valence-electron chi connectivity index (χ4n) is 4.39. The highest BCUT2D eigenvalue weighted by Gasteiger charge is 2.52. The summed E-state index contributed by atoms with van der Waals surface area (Å²) in [4.78, 5) is 47.6. The molecule has 0 aliphatic carbocycles. The van der Waals surface area contributed by atoms with E-state index >= 15 is 0 Å². The van der Waals surface area contributed by atoms with Crippen LogP contribution < -0.4 is 11.3 Å². The Balaban J connectivity index is 1.34. The van der Waals surface area contributed by atoms with Crippen molar-refractivity contribution in [1.82, 2.24) is 19.5 Å². The third-order valence-electron chi connectivity index (χ3n) is 6.50. The minimum Gasteiger partial charge on any atom is -0.430 e. The standard InChI is InChI=1S/C28H24ClN5O8/c1-2-28(16-40-26(36)39-15-18-9-6-11-31-24(18)35)20(41-27(37)38-14-17-7-4-3-5-8-17)13-21(42-28)34-12-10-19-22(30)32-25(29)33-23(19)34/h1,3-12,20-21H,13-16H2,(H,31,35)(H2,30,32,33)/t20-,21+,28+/m0/s1. The molecule has 5 rings (SSSR count). The predicted octanol–water partition coefficient (Wildman–Crippen LogP) is 3.72. The first-order chi connectivity index (χ1) is 20.3. The summed E-state index contributed by atoms with van der Waals surface area (Å²) in [5.74, 6) is 2.63. The van der Waals surface area contributed by atoms with Gasteiger partial charge >= 0.3 is 12.3 Å². The number of hydrogen-bond acceptors (Lipinski definition) is 11. The fraction of sp³-hybridized carbons (Fsp3) is 0.250. The number of fused-ring (bicyclic) bond motifs is 1. The molecule has 4 aromatic rings. The van der Waals surface area contributed by atoms with Crippen molar-refractivity contribution in [3.63, 3.8) is 0 Å². The Labute approximate surface area is 243 Å². The minimum absolute atomic E-state index is 0.0216. The highest BCUT2D eigenvalue weighted by Crippen LogP contribution is 2.41. The molecule has 3 atom stereocenters. The van der Waals surface area contributed by atoms with Crippen LogP contribution in [0.25, 0.3) is 11.0 Å². The Bertz CT molecular complexity index is 1700. The maximum atomic E-state index is 12.7. The van der Waals surface area contributed by atoms with E-state index in [0.29, 0.717) is 11.0 Å². The monoisotopic (exact) mass is 593 g/mol. The number of anilines is 1. The Morgan fingerprint density at radius 3 is 2.67 bits per heavy atom. The van der Waals surface area contributed by atoms with Crippen LogP contribution in [0.1, 0.15) is 23.8 Å². The number of pyridine rings is 1. The van der Waals surface area contributed by atoms with Crippen LogP contribution in [0.3, 0.4) is 0 Å². The summed E-state index contributed by atoms with van der Waals surface area (Å²) >= 11 is 6.03. The SMILES string of the molecule is C#C[C@]1(COC(=O)OCc2ccc[nH]c2=O)O[C@@H](n2ccc3c(N)nc(Cl)nc32)C[C@@H]1OC(=O)OCc1ccccc1. The second-order valence-electron chi connectivity index (χ2n) is 9.16. The number of terminal acetylenes is 1. The van der Waals surface area contributed by atoms with Crippen molar-refractivity contribution in [3.8, 4) is 12.3 Å². The zero-order chi connectivity index (χ0) is 29.7. The molecule has 1 aromatic carbocycles. The van der Waals surface area contributed by atoms with Crippen LogP contribution in [0.2, 0.25) is 5.28 Å². The number of aromatic amines is 1. The second kappa shape index (κ2) is 12.2. The molecule has 0 amide bonds. The highest BCUT2D eigenvalue weighted by atomic mass is 35.5. The van der Waals surface area contributed by atoms with E-state index in [1.165, 1.54) is 12.3 Å². The van der Waals surface area contributed by atoms with E-state index in [1.807, 2.05) is 6.07 Å². The molecule has 1 aliphatic heterocycles. The number of benzene rings is 1. The number of carbonyl (C=O) groups excluding carboxylic acids is 2. The van der Waals surface area contributed by atoms with Gasteiger partial charge in [0.2, 0.25) is 10.9 Å². The van der Waals surface area contributed by atoms with Crippen LogP contribution in [-0.2, 0) is 36.9 Å². The number of nitrogens with zero attached hydrogens (tertiary/aromatic N) is 3. The van der Waals surface area contributed by atoms with Crippen molar-refractivity contribution in [2.24, 2.45) is 0 Å². The molecule has 0 spiro atoms. The van der Waals surface area contributed by atoms with Crippen molar-refractivity contribution >= 4 is 40.8 Å². The van der Waals surface area contributed by atoms with Crippen LogP contribution in [0.15, 0.2) is 65.7 Å². The summed E-state index contributed by atoms with van der Waals surface area (Å²) in [7, 11) is 0. The Morgan fingerprint density at radius 1 is 1.12 bits per heavy atom. The molecule has 3 aromatic heterocycles. The summed E-state index contributed by atoms with van der Waals surface area (Å²) < 4.78 is 29.0. The van der Waals surface area contributed by atoms with Gasteiger partial charge in [-0.1, -0.05) is 36.3 Å². The summed E-state index contributed by atoms with van der Waals surface area (Å²) in [6, 6.07) is 13.8. The third-order valence-corrected chi connectivity index (χ3v) is 6.67. The van der Waals surface area contributed by atoms with Crippen molar-refractivity contribution in [2.75, 3.05) is 12.3 Å². The number of aromatic nitrogens is 4. The molecule has 0 unspecified atom stereocenters. The first-order valence-corrected chi connectivity index (χ1v) is 12.9. The number of rotatable bonds is 8. The molecule has 3 N–H and O–H groups in total. The van der Waals surface area contributed by atoms with E-state index in [9.17, 15) is 14.4 Å². The number of nitrogen functional groups attached to an aromatic ring is 1. The third kappa shape index (κ3) is 6.14. The molecule has 1 saturated heterocycles. The molecule has 4 heterocycles. The number of nitrogens with two attached hydrogens (primary N) is 1. The largest absolute Gasteiger partial charge is 0.509 e. The van der Waals surface area contributed by atoms with Gasteiger partial charge < -0.3 is 39.0 Å². The van der Waals surface area contributed by atoms with E-state index in [1.54, 1.807) is 47.2 Å². The first kappa shape index (κ1) is 28.5. The summed E-state index contributed by atoms with van der Waals surface area (Å²) in [6.07, 6.45) is 4.88. The average Bonchev–Trinajstić information content (AvgIpc) is 3.57. The lowest BCUT2D eigenvalue weighted by Gasteiger charge is -2.28. The van der Waals surface area contributed by atoms with Gasteiger partial charge in [-0.2, -0.15) is 4.98 Å². The molecule has 42 heavy (non-hydrogen) atoms. The van der Waals surface area contributed by atoms with Crippen LogP contribution in [0.4, 0.5) is 15.4 Å². The number of nitrogens with one attached hydrogen (secondary N) is 1. The summed E-state index contributed by atoms with van der Waals surface area (Å²) in [5.41, 5.74) is 5.12. The minimum atomic E-state index is -1.75. The second-order valence-corrected chi connectivity index (χ2v) is 9.50. The van der Waals surface area contributed by atoms with E-state index in [2.05, 4.69) is 20.9 Å². The number of H-pyrrole nitrogens is 1. The molecule has 0 radical (unpaired) electrons. The molecule has 14 heteroatoms. The van der Waals surface area contributed by atoms with Gasteiger partial charge in [-0.05, 0) is 35.4 Å². The molecule has 13 nitrogen and oxygen atoms in total. The molecule has 1 aliphatic rings. The van der Waals surface area contributed by atoms with Crippen LogP contribution in [-0.4, -0.2) is 50.1 Å². The van der Waals surface area contributed by atoms with Gasteiger partial charge in [0.1, 0.15) is 37.5 Å². The molecule has 1 fully saturated rings. The van der Waals surface area contributed by atoms with Gasteiger partial charge in [0.15, 0.2) is 6.10 Å². The average molecular weight is 594 g/mol. The van der Waals surface area contributed by atoms with E-state index in [4.69, 9.17) is 47.4 Å². The van der Waals surface area contributed by atoms with E-state index in [-0.39, 0.29) is 36.3 Å². The van der Waals surface area contributed by atoms with Crippen molar-refractivity contribution in [3.05, 3.63) is 87.7 Å². The summed E-state index contributed by atoms with van der Waals surface area (Å²) in [6.45, 7) is -0.944. The van der Waals surface area contributed by atoms with Crippen LogP contribution in [0.5, 0.6) is 0 Å². The van der Waals surface area contributed by atoms with Crippen LogP contribution in [0, 0.1) is 12.3 Å². The van der Waals surface area contributed by atoms with Crippen LogP contribution >= 0.6 is 11.6 Å². The molecule has 216 valence electrons. The number of hydrogen-bond donors (Lipinski definition) is 2. The molecular weight excluding hydrogens is 570 g/mol. The molecule has 0 bridgehead atoms. The van der Waals surface area contributed by atoms with Gasteiger partial charge in [0, 0.05) is 18.8 Å². The summed E-state index contributed by atoms with van der Waals surface area (Å²) in [5, 5.41) is 0.429. The number of halogens is 1. The number of ether oxygens (including phenoxy) is 5. The van der Waals surface area contributed by atoms with Gasteiger partial charge in [-0.15, -0.1) is 6.42 Å². The molecule has 0 saturated carbocycles. The van der Waals surface area contributed by atoms with Crippen molar-refractivity contribution in [1.29, 1.82) is 0 Å². The Kier molecular flexibility index (Phi) is 8.28. The quantitative estimate of drug-likeness (QED) is 0.173. The predicted molar refractivity (Wildman–Crippen MR) is 148 cm³/mol. The lowest BCUT2D eigenvalue weighted by Crippen LogP contribution is -2.45. The Morgan fingerprint density at radius 2 is 1.90 bits per heavy atom. The lowest BCUT2D eigenvalue weighted by molar-refractivity contribution is -0.106. The van der Waals surface area contributed by atoms with Crippen molar-refractivity contribution in [2.45, 2.75) is 37.6 Å². The van der Waals surface area contributed by atoms with Gasteiger partial charge in [0.25, 0.3) is 5.56 Å². The van der Waals surface area contributed by atoms with Gasteiger partial charge in [0.05, 0.1) is 10.9 Å².